The Labute approximate surface area is 329 Å². The number of fused-ring (bicyclic) bond motifs is 3. The van der Waals surface area contributed by atoms with Gasteiger partial charge in [0.15, 0.2) is 0 Å². The van der Waals surface area contributed by atoms with Crippen LogP contribution in [0.3, 0.4) is 0 Å². The summed E-state index contributed by atoms with van der Waals surface area (Å²) in [7, 11) is 0. The summed E-state index contributed by atoms with van der Waals surface area (Å²) in [4.78, 5) is 18.4. The molecule has 5 aromatic heterocycles. The molecule has 10 aromatic rings. The number of aromatic nitrogens is 5. The van der Waals surface area contributed by atoms with Gasteiger partial charge in [-0.1, -0.05) is 97.1 Å². The molecule has 6 nitrogen and oxygen atoms in total. The highest BCUT2D eigenvalue weighted by molar-refractivity contribution is 6.15. The molecule has 0 aliphatic carbocycles. The van der Waals surface area contributed by atoms with Gasteiger partial charge in [0.1, 0.15) is 6.07 Å². The van der Waals surface area contributed by atoms with Gasteiger partial charge in [-0.2, -0.15) is 5.26 Å². The molecule has 0 saturated carbocycles. The minimum atomic E-state index is 0.510. The van der Waals surface area contributed by atoms with Crippen molar-refractivity contribution in [1.29, 1.82) is 5.26 Å². The molecule has 0 N–H and O–H groups in total. The zero-order valence-corrected chi connectivity index (χ0v) is 30.7. The van der Waals surface area contributed by atoms with Crippen molar-refractivity contribution in [2.45, 2.75) is 0 Å². The Morgan fingerprint density at radius 1 is 0.368 bits per heavy atom. The van der Waals surface area contributed by atoms with E-state index in [1.807, 2.05) is 73.3 Å². The van der Waals surface area contributed by atoms with Crippen LogP contribution in [0.4, 0.5) is 0 Å². The van der Waals surface area contributed by atoms with Gasteiger partial charge in [0, 0.05) is 105 Å². The normalized spacial score (nSPS) is 11.1. The second-order valence-corrected chi connectivity index (χ2v) is 13.8. The highest BCUT2D eigenvalue weighted by atomic mass is 15.0. The van der Waals surface area contributed by atoms with Crippen molar-refractivity contribution in [3.05, 3.63) is 201 Å². The number of pyridine rings is 4. The van der Waals surface area contributed by atoms with E-state index in [2.05, 4.69) is 128 Å². The first-order valence-corrected chi connectivity index (χ1v) is 18.7. The highest BCUT2D eigenvalue weighted by Crippen LogP contribution is 2.52. The summed E-state index contributed by atoms with van der Waals surface area (Å²) in [6, 6.07) is 53.0. The minimum Gasteiger partial charge on any atom is -0.308 e. The maximum Gasteiger partial charge on any atom is 0.100 e. The second-order valence-electron chi connectivity index (χ2n) is 13.8. The summed E-state index contributed by atoms with van der Waals surface area (Å²) in [6.45, 7) is 0. The van der Waals surface area contributed by atoms with E-state index >= 15 is 0 Å². The third kappa shape index (κ3) is 5.83. The van der Waals surface area contributed by atoms with Crippen LogP contribution in [0.5, 0.6) is 0 Å². The molecule has 0 radical (unpaired) electrons. The van der Waals surface area contributed by atoms with Gasteiger partial charge in [-0.05, 0) is 70.8 Å². The second kappa shape index (κ2) is 14.3. The SMILES string of the molecule is N#Cc1c(-c2cccnc2)c(-c2cccnc2)c(-n2c3ccc(-c4ccccc4)cc3c3cc(-c4ccccc4)ccc32)c(-c2cccnc2)c1-c1cccnc1. The third-order valence-electron chi connectivity index (χ3n) is 10.6. The van der Waals surface area contributed by atoms with Gasteiger partial charge in [-0.3, -0.25) is 19.9 Å². The molecule has 0 aliphatic heterocycles. The molecule has 0 amide bonds. The molecular weight excluding hydrogens is 697 g/mol. The van der Waals surface area contributed by atoms with E-state index in [1.54, 1.807) is 24.8 Å². The van der Waals surface area contributed by atoms with E-state index in [-0.39, 0.29) is 0 Å². The quantitative estimate of drug-likeness (QED) is 0.163. The molecule has 0 bridgehead atoms. The van der Waals surface area contributed by atoms with Crippen LogP contribution >= 0.6 is 0 Å². The Kier molecular flexibility index (Phi) is 8.44. The Morgan fingerprint density at radius 2 is 0.737 bits per heavy atom. The van der Waals surface area contributed by atoms with Crippen molar-refractivity contribution in [2.75, 3.05) is 0 Å². The Balaban J connectivity index is 1.46. The zero-order chi connectivity index (χ0) is 38.1. The Morgan fingerprint density at radius 3 is 1.09 bits per heavy atom. The van der Waals surface area contributed by atoms with Crippen LogP contribution in [0.1, 0.15) is 5.56 Å². The van der Waals surface area contributed by atoms with Crippen molar-refractivity contribution < 1.29 is 0 Å². The molecule has 0 spiro atoms. The monoisotopic (exact) mass is 728 g/mol. The van der Waals surface area contributed by atoms with E-state index in [0.29, 0.717) is 5.56 Å². The standard InChI is InChI=1S/C51H32N6/c52-29-44-47(38-15-7-23-53-30-38)49(40-17-9-25-55-32-40)51(50(41-18-10-26-56-33-41)48(44)39-16-8-24-54-31-39)57-45-21-19-36(34-11-3-1-4-12-34)27-42(45)43-28-37(20-22-46(43)57)35-13-5-2-6-14-35/h1-28,30-33H. The first-order chi connectivity index (χ1) is 28.3. The van der Waals surface area contributed by atoms with Gasteiger partial charge in [-0.15, -0.1) is 0 Å². The molecule has 0 saturated heterocycles. The van der Waals surface area contributed by atoms with Gasteiger partial charge in [-0.25, -0.2) is 0 Å². The first-order valence-electron chi connectivity index (χ1n) is 18.7. The fraction of sp³-hybridized carbons (Fsp3) is 0. The molecule has 10 rings (SSSR count). The number of nitrogens with zero attached hydrogens (tertiary/aromatic N) is 6. The Bertz CT molecular complexity index is 2890. The minimum absolute atomic E-state index is 0.510. The smallest absolute Gasteiger partial charge is 0.100 e. The maximum absolute atomic E-state index is 11.4. The summed E-state index contributed by atoms with van der Waals surface area (Å²) in [5.41, 5.74) is 14.6. The number of benzene rings is 5. The van der Waals surface area contributed by atoms with E-state index in [0.717, 1.165) is 94.3 Å². The lowest BCUT2D eigenvalue weighted by atomic mass is 9.80. The molecule has 0 fully saturated rings. The molecular formula is C51H32N6. The van der Waals surface area contributed by atoms with Gasteiger partial charge in [0.25, 0.3) is 0 Å². The third-order valence-corrected chi connectivity index (χ3v) is 10.6. The largest absolute Gasteiger partial charge is 0.308 e. The van der Waals surface area contributed by atoms with E-state index in [4.69, 9.17) is 0 Å². The average molecular weight is 729 g/mol. The van der Waals surface area contributed by atoms with Crippen molar-refractivity contribution in [1.82, 2.24) is 24.5 Å². The number of nitriles is 1. The topological polar surface area (TPSA) is 80.3 Å². The molecule has 6 heteroatoms. The van der Waals surface area contributed by atoms with Gasteiger partial charge >= 0.3 is 0 Å². The van der Waals surface area contributed by atoms with Crippen molar-refractivity contribution in [3.63, 3.8) is 0 Å². The van der Waals surface area contributed by atoms with Crippen LogP contribution in [-0.2, 0) is 0 Å². The Hall–Kier alpha value is -8.01. The molecule has 0 aliphatic rings. The summed E-state index contributed by atoms with van der Waals surface area (Å²) < 4.78 is 2.37. The fourth-order valence-corrected chi connectivity index (χ4v) is 8.14. The number of hydrogen-bond acceptors (Lipinski definition) is 5. The van der Waals surface area contributed by atoms with Crippen LogP contribution in [0.25, 0.3) is 94.3 Å². The number of hydrogen-bond donors (Lipinski definition) is 0. The zero-order valence-electron chi connectivity index (χ0n) is 30.7. The molecule has 0 unspecified atom stereocenters. The van der Waals surface area contributed by atoms with Crippen LogP contribution < -0.4 is 0 Å². The fourth-order valence-electron chi connectivity index (χ4n) is 8.14. The van der Waals surface area contributed by atoms with E-state index in [9.17, 15) is 5.26 Å². The molecule has 5 heterocycles. The predicted molar refractivity (Wildman–Crippen MR) is 229 cm³/mol. The average Bonchev–Trinajstić information content (AvgIpc) is 3.62. The van der Waals surface area contributed by atoms with Gasteiger partial charge < -0.3 is 4.57 Å². The van der Waals surface area contributed by atoms with Crippen LogP contribution in [-0.4, -0.2) is 24.5 Å². The summed E-state index contributed by atoms with van der Waals surface area (Å²) in [5.74, 6) is 0. The molecule has 57 heavy (non-hydrogen) atoms. The lowest BCUT2D eigenvalue weighted by Crippen LogP contribution is -2.07. The van der Waals surface area contributed by atoms with E-state index < -0.39 is 0 Å². The first kappa shape index (κ1) is 33.6. The van der Waals surface area contributed by atoms with Crippen LogP contribution in [0, 0.1) is 11.3 Å². The highest BCUT2D eigenvalue weighted by Gasteiger charge is 2.31. The lowest BCUT2D eigenvalue weighted by Gasteiger charge is -2.26. The molecule has 5 aromatic carbocycles. The molecule has 0 atom stereocenters. The summed E-state index contributed by atoms with van der Waals surface area (Å²) in [6.07, 6.45) is 14.5. The maximum atomic E-state index is 11.4. The van der Waals surface area contributed by atoms with Crippen LogP contribution in [0.15, 0.2) is 195 Å². The van der Waals surface area contributed by atoms with Crippen molar-refractivity contribution in [2.24, 2.45) is 0 Å². The van der Waals surface area contributed by atoms with E-state index in [1.165, 1.54) is 0 Å². The predicted octanol–water partition coefficient (Wildman–Crippen LogP) is 12.2. The number of rotatable bonds is 7. The van der Waals surface area contributed by atoms with Gasteiger partial charge in [0.2, 0.25) is 0 Å². The van der Waals surface area contributed by atoms with Crippen LogP contribution in [0.2, 0.25) is 0 Å². The summed E-state index contributed by atoms with van der Waals surface area (Å²) in [5, 5.41) is 13.6. The molecule has 266 valence electrons. The van der Waals surface area contributed by atoms with Gasteiger partial charge in [0.05, 0.1) is 22.3 Å². The van der Waals surface area contributed by atoms with Crippen molar-refractivity contribution >= 4 is 21.8 Å². The lowest BCUT2D eigenvalue weighted by molar-refractivity contribution is 1.17. The van der Waals surface area contributed by atoms with Crippen molar-refractivity contribution in [3.8, 4) is 78.5 Å². The summed E-state index contributed by atoms with van der Waals surface area (Å²) >= 11 is 0.